The van der Waals surface area contributed by atoms with Crippen LogP contribution >= 0.6 is 0 Å². The van der Waals surface area contributed by atoms with E-state index in [-0.39, 0.29) is 0 Å². The van der Waals surface area contributed by atoms with Crippen LogP contribution in [-0.2, 0) is 0 Å². The largest absolute Gasteiger partial charge is 0.440 e. The second-order valence-corrected chi connectivity index (χ2v) is 16.1. The van der Waals surface area contributed by atoms with Crippen LogP contribution in [0.4, 0.5) is 34.5 Å². The van der Waals surface area contributed by atoms with Gasteiger partial charge in [-0.1, -0.05) is 170 Å². The lowest BCUT2D eigenvalue weighted by atomic mass is 9.84. The molecule has 0 bridgehead atoms. The first-order valence-corrected chi connectivity index (χ1v) is 22.2. The molecule has 314 valence electrons. The summed E-state index contributed by atoms with van der Waals surface area (Å²) < 4.78 is 13.1. The molecule has 0 saturated heterocycles. The van der Waals surface area contributed by atoms with Gasteiger partial charge in [0.1, 0.15) is 11.5 Å². The number of benzene rings is 9. The zero-order valence-electron chi connectivity index (χ0n) is 36.1. The van der Waals surface area contributed by atoms with Gasteiger partial charge >= 0.3 is 0 Å². The van der Waals surface area contributed by atoms with E-state index in [0.717, 1.165) is 57.2 Å². The minimum absolute atomic E-state index is 0.744. The third-order valence-corrected chi connectivity index (χ3v) is 11.9. The molecule has 0 spiro atoms. The molecule has 0 amide bonds. The number of hydrogen-bond donors (Lipinski definition) is 0. The van der Waals surface area contributed by atoms with Crippen LogP contribution in [-0.4, -0.2) is 0 Å². The van der Waals surface area contributed by atoms with Crippen molar-refractivity contribution in [2.75, 3.05) is 9.80 Å². The highest BCUT2D eigenvalue weighted by molar-refractivity contribution is 6.22. The van der Waals surface area contributed by atoms with Crippen LogP contribution in [0.3, 0.4) is 0 Å². The maximum atomic E-state index is 6.54. The molecule has 0 unspecified atom stereocenters. The summed E-state index contributed by atoms with van der Waals surface area (Å²) in [5.41, 5.74) is 11.0. The number of para-hydroxylation sites is 4. The van der Waals surface area contributed by atoms with Crippen molar-refractivity contribution in [2.45, 2.75) is 0 Å². The van der Waals surface area contributed by atoms with E-state index in [0.29, 0.717) is 0 Å². The summed E-state index contributed by atoms with van der Waals surface area (Å²) in [5.74, 6) is 3.02. The Labute approximate surface area is 384 Å². The van der Waals surface area contributed by atoms with Crippen LogP contribution in [0.1, 0.15) is 22.6 Å². The van der Waals surface area contributed by atoms with Gasteiger partial charge in [-0.25, -0.2) is 0 Å². The van der Waals surface area contributed by atoms with E-state index in [2.05, 4.69) is 180 Å². The molecule has 0 aliphatic carbocycles. The summed E-state index contributed by atoms with van der Waals surface area (Å²) in [6, 6.07) is 84.5. The number of anilines is 6. The maximum Gasteiger partial charge on any atom is 0.205 e. The fourth-order valence-corrected chi connectivity index (χ4v) is 8.87. The van der Waals surface area contributed by atoms with Crippen LogP contribution in [0.25, 0.3) is 68.1 Å². The van der Waals surface area contributed by atoms with Gasteiger partial charge in [0.2, 0.25) is 11.8 Å². The van der Waals surface area contributed by atoms with Crippen LogP contribution in [0, 0.1) is 0 Å². The van der Waals surface area contributed by atoms with Crippen molar-refractivity contribution in [1.82, 2.24) is 0 Å². The summed E-state index contributed by atoms with van der Waals surface area (Å²) in [7, 11) is 0. The summed E-state index contributed by atoms with van der Waals surface area (Å²) in [4.78, 5) is 4.27. The van der Waals surface area contributed by atoms with Gasteiger partial charge in [-0.2, -0.15) is 0 Å². The molecule has 0 radical (unpaired) electrons. The van der Waals surface area contributed by atoms with Crippen molar-refractivity contribution in [3.8, 4) is 22.3 Å². The Morgan fingerprint density at radius 3 is 0.924 bits per heavy atom. The van der Waals surface area contributed by atoms with Crippen LogP contribution < -0.4 is 9.80 Å². The third-order valence-electron chi connectivity index (χ3n) is 11.9. The molecule has 11 rings (SSSR count). The molecule has 9 aromatic carbocycles. The molecular formula is C62H44N2O2. The quantitative estimate of drug-likeness (QED) is 0.115. The molecule has 2 heterocycles. The van der Waals surface area contributed by atoms with E-state index in [1.165, 1.54) is 43.8 Å². The Balaban J connectivity index is 1.00. The lowest BCUT2D eigenvalue weighted by Gasteiger charge is -2.22. The molecule has 0 atom stereocenters. The number of rotatable bonds is 12. The normalized spacial score (nSPS) is 11.5. The summed E-state index contributed by atoms with van der Waals surface area (Å²) in [6.45, 7) is 0. The number of hydrogen-bond acceptors (Lipinski definition) is 4. The van der Waals surface area contributed by atoms with Crippen molar-refractivity contribution in [2.24, 2.45) is 0 Å². The van der Waals surface area contributed by atoms with Gasteiger partial charge in [0.15, 0.2) is 0 Å². The van der Waals surface area contributed by atoms with Gasteiger partial charge in [-0.3, -0.25) is 9.80 Å². The Morgan fingerprint density at radius 1 is 0.273 bits per heavy atom. The third kappa shape index (κ3) is 8.11. The fraction of sp³-hybridized carbons (Fsp3) is 0. The molecule has 4 nitrogen and oxygen atoms in total. The van der Waals surface area contributed by atoms with Gasteiger partial charge in [-0.15, -0.1) is 0 Å². The summed E-state index contributed by atoms with van der Waals surface area (Å²) >= 11 is 0. The van der Waals surface area contributed by atoms with Crippen molar-refractivity contribution in [3.05, 3.63) is 265 Å². The monoisotopic (exact) mass is 848 g/mol. The van der Waals surface area contributed by atoms with E-state index in [9.17, 15) is 0 Å². The molecule has 66 heavy (non-hydrogen) atoms. The molecule has 0 saturated carbocycles. The molecular weight excluding hydrogens is 805 g/mol. The average molecular weight is 849 g/mol. The zero-order valence-corrected chi connectivity index (χ0v) is 36.1. The van der Waals surface area contributed by atoms with Gasteiger partial charge in [0, 0.05) is 34.9 Å². The van der Waals surface area contributed by atoms with Gasteiger partial charge in [0.25, 0.3) is 0 Å². The zero-order chi connectivity index (χ0) is 44.1. The molecule has 0 N–H and O–H groups in total. The summed E-state index contributed by atoms with van der Waals surface area (Å²) in [6.07, 6.45) is 8.39. The Kier molecular flexibility index (Phi) is 10.9. The first-order valence-electron chi connectivity index (χ1n) is 22.2. The first kappa shape index (κ1) is 40.0. The molecule has 11 aromatic rings. The molecule has 0 fully saturated rings. The van der Waals surface area contributed by atoms with Crippen LogP contribution in [0.2, 0.25) is 0 Å². The summed E-state index contributed by atoms with van der Waals surface area (Å²) in [5, 5.41) is 4.71. The Hall–Kier alpha value is -8.86. The smallest absolute Gasteiger partial charge is 0.205 e. The number of nitrogens with zero attached hydrogens (tertiary/aromatic N) is 2. The van der Waals surface area contributed by atoms with Crippen molar-refractivity contribution in [3.63, 3.8) is 0 Å². The van der Waals surface area contributed by atoms with E-state index in [4.69, 9.17) is 8.83 Å². The maximum absolute atomic E-state index is 6.54. The Morgan fingerprint density at radius 2 is 0.591 bits per heavy atom. The van der Waals surface area contributed by atoms with E-state index in [1.807, 2.05) is 97.1 Å². The minimum Gasteiger partial charge on any atom is -0.440 e. The van der Waals surface area contributed by atoms with E-state index in [1.54, 1.807) is 0 Å². The highest BCUT2D eigenvalue weighted by Crippen LogP contribution is 2.45. The standard InChI is InChI=1S/C62H44N2O2/c1-7-19-47(20-8-1)61-55-39-33-45(31-35-53-37-41-59(65-53)63(49-23-11-3-12-24-49)50-25-13-4-14-26-50)43-57(55)58-44-46(34-40-56(58)62(61)48-21-9-2-10-22-48)32-36-54-38-42-60(66-54)64(51-27-15-5-16-28-51)52-29-17-6-18-30-52/h1-44H/b35-31+,36-32+. The molecule has 0 aliphatic heterocycles. The van der Waals surface area contributed by atoms with Crippen molar-refractivity contribution >= 4 is 80.4 Å². The highest BCUT2D eigenvalue weighted by Gasteiger charge is 2.20. The highest BCUT2D eigenvalue weighted by atomic mass is 16.4. The van der Waals surface area contributed by atoms with Gasteiger partial charge in [-0.05, 0) is 140 Å². The topological polar surface area (TPSA) is 32.8 Å². The van der Waals surface area contributed by atoms with Crippen LogP contribution in [0.5, 0.6) is 0 Å². The molecule has 2 aromatic heterocycles. The number of furan rings is 2. The Bertz CT molecular complexity index is 3140. The molecule has 4 heteroatoms. The minimum atomic E-state index is 0.744. The van der Waals surface area contributed by atoms with Crippen molar-refractivity contribution < 1.29 is 8.83 Å². The van der Waals surface area contributed by atoms with Crippen LogP contribution in [0.15, 0.2) is 251 Å². The molecule has 0 aliphatic rings. The lowest BCUT2D eigenvalue weighted by molar-refractivity contribution is 0.564. The number of fused-ring (bicyclic) bond motifs is 3. The lowest BCUT2D eigenvalue weighted by Crippen LogP contribution is -2.08. The van der Waals surface area contributed by atoms with Gasteiger partial charge in [0.05, 0.1) is 0 Å². The average Bonchev–Trinajstić information content (AvgIpc) is 4.07. The predicted molar refractivity (Wildman–Crippen MR) is 277 cm³/mol. The fourth-order valence-electron chi connectivity index (χ4n) is 8.87. The predicted octanol–water partition coefficient (Wildman–Crippen LogP) is 17.8. The van der Waals surface area contributed by atoms with Gasteiger partial charge < -0.3 is 8.83 Å². The SMILES string of the molecule is C(=C\c1ccc(N(c2ccccc2)c2ccccc2)o1)/c1ccc2c(-c3ccccc3)c(-c3ccccc3)c3ccc(/C=C/c4ccc(N(c5ccccc5)c5ccccc5)o4)cc3c2c1. The van der Waals surface area contributed by atoms with Crippen molar-refractivity contribution in [1.29, 1.82) is 0 Å². The van der Waals surface area contributed by atoms with E-state index >= 15 is 0 Å². The van der Waals surface area contributed by atoms with E-state index < -0.39 is 0 Å². The second kappa shape index (κ2) is 18.1. The second-order valence-electron chi connectivity index (χ2n) is 16.1. The first-order chi connectivity index (χ1) is 32.7.